The maximum Gasteiger partial charge on any atom is 0.341 e. The predicted molar refractivity (Wildman–Crippen MR) is 168 cm³/mol. The number of amides is 2. The Morgan fingerprint density at radius 2 is 1.74 bits per heavy atom. The van der Waals surface area contributed by atoms with E-state index >= 15 is 0 Å². The summed E-state index contributed by atoms with van der Waals surface area (Å²) in [5, 5.41) is 15.4. The van der Waals surface area contributed by atoms with Gasteiger partial charge in [-0.3, -0.25) is 9.59 Å². The molecule has 0 saturated carbocycles. The molecule has 0 saturated heterocycles. The number of carbonyl (C=O) groups excluding carboxylic acids is 3. The molecule has 0 aliphatic heterocycles. The second-order valence-electron chi connectivity index (χ2n) is 10.3. The third-order valence-electron chi connectivity index (χ3n) is 7.20. The van der Waals surface area contributed by atoms with Crippen LogP contribution in [0.4, 0.5) is 5.00 Å². The first-order valence-electron chi connectivity index (χ1n) is 14.5. The monoisotopic (exact) mass is 617 g/mol. The highest BCUT2D eigenvalue weighted by atomic mass is 32.2. The molecule has 0 fully saturated rings. The van der Waals surface area contributed by atoms with Gasteiger partial charge < -0.3 is 19.9 Å². The largest absolute Gasteiger partial charge is 0.462 e. The van der Waals surface area contributed by atoms with Crippen molar-refractivity contribution in [2.75, 3.05) is 11.9 Å². The fourth-order valence-corrected chi connectivity index (χ4v) is 7.18. The summed E-state index contributed by atoms with van der Waals surface area (Å²) in [6.45, 7) is 4.67. The molecule has 1 unspecified atom stereocenters. The minimum atomic E-state index is -0.521. The van der Waals surface area contributed by atoms with Crippen molar-refractivity contribution in [3.05, 3.63) is 93.6 Å². The van der Waals surface area contributed by atoms with Gasteiger partial charge in [-0.25, -0.2) is 4.79 Å². The van der Waals surface area contributed by atoms with Crippen LogP contribution in [0.15, 0.2) is 65.8 Å². The summed E-state index contributed by atoms with van der Waals surface area (Å²) in [6, 6.07) is 19.7. The summed E-state index contributed by atoms with van der Waals surface area (Å²) in [6.07, 6.45) is 3.73. The number of rotatable bonds is 13. The Bertz CT molecular complexity index is 1570. The van der Waals surface area contributed by atoms with Crippen LogP contribution in [-0.4, -0.2) is 44.4 Å². The van der Waals surface area contributed by atoms with Crippen molar-refractivity contribution in [3.8, 4) is 0 Å². The van der Waals surface area contributed by atoms with Gasteiger partial charge in [0.2, 0.25) is 11.8 Å². The smallest absolute Gasteiger partial charge is 0.341 e. The number of aromatic nitrogens is 3. The van der Waals surface area contributed by atoms with Crippen molar-refractivity contribution < 1.29 is 19.1 Å². The van der Waals surface area contributed by atoms with E-state index < -0.39 is 11.2 Å². The molecule has 2 N–H and O–H groups in total. The third kappa shape index (κ3) is 7.71. The van der Waals surface area contributed by atoms with Crippen molar-refractivity contribution in [2.45, 2.75) is 69.4 Å². The highest BCUT2D eigenvalue weighted by molar-refractivity contribution is 8.00. The maximum absolute atomic E-state index is 13.4. The average molecular weight is 618 g/mol. The number of benzene rings is 2. The first-order valence-corrected chi connectivity index (χ1v) is 16.2. The number of thioether (sulfide) groups is 1. The van der Waals surface area contributed by atoms with E-state index in [9.17, 15) is 14.4 Å². The van der Waals surface area contributed by atoms with Gasteiger partial charge in [-0.05, 0) is 56.2 Å². The second-order valence-corrected chi connectivity index (χ2v) is 12.7. The molecule has 5 rings (SSSR count). The first kappa shape index (κ1) is 30.5. The lowest BCUT2D eigenvalue weighted by molar-refractivity contribution is -0.120. The lowest BCUT2D eigenvalue weighted by atomic mass is 10.1. The molecule has 0 radical (unpaired) electrons. The van der Waals surface area contributed by atoms with Crippen LogP contribution >= 0.6 is 23.1 Å². The number of ether oxygens (including phenoxy) is 1. The molecule has 43 heavy (non-hydrogen) atoms. The number of anilines is 1. The molecule has 11 heteroatoms. The molecule has 2 heterocycles. The molecule has 9 nitrogen and oxygen atoms in total. The SMILES string of the molecule is CCOC(=O)c1c(NC(=O)C(C)Sc2nnc(CNC(=O)Cc3ccccc3)n2CCc2ccccc2)sc2c1CCC2. The van der Waals surface area contributed by atoms with Gasteiger partial charge in [0, 0.05) is 11.4 Å². The van der Waals surface area contributed by atoms with Gasteiger partial charge >= 0.3 is 5.97 Å². The molecule has 2 aromatic carbocycles. The Morgan fingerprint density at radius 3 is 2.47 bits per heavy atom. The topological polar surface area (TPSA) is 115 Å². The molecule has 224 valence electrons. The number of aryl methyl sites for hydroxylation is 2. The Hall–Kier alpha value is -3.96. The fraction of sp³-hybridized carbons (Fsp3) is 0.344. The van der Waals surface area contributed by atoms with Gasteiger partial charge in [0.15, 0.2) is 11.0 Å². The molecule has 1 atom stereocenters. The number of fused-ring (bicyclic) bond motifs is 1. The Kier molecular flexibility index (Phi) is 10.3. The van der Waals surface area contributed by atoms with E-state index in [1.807, 2.05) is 60.0 Å². The Morgan fingerprint density at radius 1 is 1.02 bits per heavy atom. The van der Waals surface area contributed by atoms with Crippen molar-refractivity contribution in [1.29, 1.82) is 0 Å². The molecule has 1 aliphatic rings. The van der Waals surface area contributed by atoms with Crippen molar-refractivity contribution >= 4 is 45.9 Å². The van der Waals surface area contributed by atoms with Crippen molar-refractivity contribution in [1.82, 2.24) is 20.1 Å². The van der Waals surface area contributed by atoms with Crippen molar-refractivity contribution in [2.24, 2.45) is 0 Å². The summed E-state index contributed by atoms with van der Waals surface area (Å²) in [5.41, 5.74) is 3.58. The number of nitrogens with one attached hydrogen (secondary N) is 2. The standard InChI is InChI=1S/C32H35N5O4S2/c1-3-41-31(40)28-24-15-10-16-25(24)43-30(28)34-29(39)21(2)42-32-36-35-26(37(32)18-17-22-11-6-4-7-12-22)20-33-27(38)19-23-13-8-5-9-14-23/h4-9,11-14,21H,3,10,15-20H2,1-2H3,(H,33,38)(H,34,39). The van der Waals surface area contributed by atoms with Crippen LogP contribution in [0.25, 0.3) is 0 Å². The van der Waals surface area contributed by atoms with E-state index in [-0.39, 0.29) is 31.4 Å². The number of hydrogen-bond donors (Lipinski definition) is 2. The Balaban J connectivity index is 1.29. The predicted octanol–water partition coefficient (Wildman–Crippen LogP) is 5.23. The number of carbonyl (C=O) groups is 3. The number of hydrogen-bond acceptors (Lipinski definition) is 8. The maximum atomic E-state index is 13.4. The molecule has 2 aromatic heterocycles. The summed E-state index contributed by atoms with van der Waals surface area (Å²) in [5.74, 6) is -0.111. The molecule has 2 amide bonds. The zero-order valence-corrected chi connectivity index (χ0v) is 25.9. The molecule has 0 spiro atoms. The third-order valence-corrected chi connectivity index (χ3v) is 9.49. The van der Waals surface area contributed by atoms with E-state index in [0.717, 1.165) is 47.3 Å². The van der Waals surface area contributed by atoms with Gasteiger partial charge in [-0.15, -0.1) is 21.5 Å². The van der Waals surface area contributed by atoms with E-state index in [1.165, 1.54) is 23.1 Å². The minimum Gasteiger partial charge on any atom is -0.462 e. The molecular weight excluding hydrogens is 583 g/mol. The van der Waals surface area contributed by atoms with Gasteiger partial charge in [0.05, 0.1) is 30.4 Å². The number of nitrogens with zero attached hydrogens (tertiary/aromatic N) is 3. The highest BCUT2D eigenvalue weighted by Crippen LogP contribution is 2.40. The van der Waals surface area contributed by atoms with E-state index in [2.05, 4.69) is 33.0 Å². The molecule has 4 aromatic rings. The fourth-order valence-electron chi connectivity index (χ4n) is 5.01. The van der Waals surface area contributed by atoms with Gasteiger partial charge in [0.1, 0.15) is 5.00 Å². The highest BCUT2D eigenvalue weighted by Gasteiger charge is 2.30. The van der Waals surface area contributed by atoms with E-state index in [0.29, 0.717) is 28.1 Å². The van der Waals surface area contributed by atoms with E-state index in [4.69, 9.17) is 4.74 Å². The second kappa shape index (κ2) is 14.5. The molecule has 0 bridgehead atoms. The van der Waals surface area contributed by atoms with Gasteiger partial charge in [-0.2, -0.15) is 0 Å². The van der Waals surface area contributed by atoms with E-state index in [1.54, 1.807) is 6.92 Å². The van der Waals surface area contributed by atoms with Crippen LogP contribution in [0, 0.1) is 0 Å². The summed E-state index contributed by atoms with van der Waals surface area (Å²) in [4.78, 5) is 39.9. The van der Waals surface area contributed by atoms with Crippen LogP contribution in [0.2, 0.25) is 0 Å². The van der Waals surface area contributed by atoms with Gasteiger partial charge in [-0.1, -0.05) is 72.4 Å². The first-order chi connectivity index (χ1) is 20.9. The Labute approximate surface area is 259 Å². The number of esters is 1. The quantitative estimate of drug-likeness (QED) is 0.156. The minimum absolute atomic E-state index is 0.106. The average Bonchev–Trinajstić information content (AvgIpc) is 3.71. The van der Waals surface area contributed by atoms with Crippen molar-refractivity contribution in [3.63, 3.8) is 0 Å². The van der Waals surface area contributed by atoms with Gasteiger partial charge in [0.25, 0.3) is 0 Å². The normalized spacial score (nSPS) is 12.9. The molecular formula is C32H35N5O4S2. The zero-order chi connectivity index (χ0) is 30.2. The van der Waals surface area contributed by atoms with Crippen LogP contribution in [0.1, 0.15) is 58.0 Å². The zero-order valence-electron chi connectivity index (χ0n) is 24.3. The van der Waals surface area contributed by atoms with Crippen LogP contribution in [-0.2, 0) is 53.1 Å². The number of thiophene rings is 1. The molecule has 1 aliphatic carbocycles. The lowest BCUT2D eigenvalue weighted by Gasteiger charge is -2.14. The van der Waals surface area contributed by atoms with Crippen LogP contribution in [0.5, 0.6) is 0 Å². The summed E-state index contributed by atoms with van der Waals surface area (Å²) >= 11 is 2.76. The van der Waals surface area contributed by atoms with Crippen LogP contribution in [0.3, 0.4) is 0 Å². The summed E-state index contributed by atoms with van der Waals surface area (Å²) in [7, 11) is 0. The van der Waals surface area contributed by atoms with Crippen LogP contribution < -0.4 is 10.6 Å². The lowest BCUT2D eigenvalue weighted by Crippen LogP contribution is -2.27. The summed E-state index contributed by atoms with van der Waals surface area (Å²) < 4.78 is 7.27.